The van der Waals surface area contributed by atoms with Crippen LogP contribution >= 0.6 is 0 Å². The van der Waals surface area contributed by atoms with Crippen LogP contribution in [0, 0.1) is 0 Å². The minimum Gasteiger partial charge on any atom is -0.309 e. The van der Waals surface area contributed by atoms with Gasteiger partial charge in [-0.3, -0.25) is 0 Å². The summed E-state index contributed by atoms with van der Waals surface area (Å²) < 4.78 is 2.38. The van der Waals surface area contributed by atoms with E-state index in [-0.39, 0.29) is 0 Å². The number of hydrogen-bond acceptors (Lipinski definition) is 2. The molecule has 11 aromatic rings. The lowest BCUT2D eigenvalue weighted by Crippen LogP contribution is -1.95. The Hall–Kier alpha value is -7.10. The van der Waals surface area contributed by atoms with Crippen LogP contribution in [0.3, 0.4) is 0 Å². The van der Waals surface area contributed by atoms with Crippen molar-refractivity contribution in [2.75, 3.05) is 0 Å². The quantitative estimate of drug-likeness (QED) is 0.137. The van der Waals surface area contributed by atoms with Gasteiger partial charge in [0.25, 0.3) is 0 Å². The first-order valence-electron chi connectivity index (χ1n) is 18.1. The maximum atomic E-state index is 5.41. The summed E-state index contributed by atoms with van der Waals surface area (Å²) in [6, 6.07) is 67.3. The van der Waals surface area contributed by atoms with E-state index >= 15 is 0 Å². The molecule has 0 aliphatic heterocycles. The summed E-state index contributed by atoms with van der Waals surface area (Å²) in [7, 11) is 0. The van der Waals surface area contributed by atoms with E-state index in [4.69, 9.17) is 9.97 Å². The van der Waals surface area contributed by atoms with Gasteiger partial charge in [0, 0.05) is 43.7 Å². The lowest BCUT2D eigenvalue weighted by atomic mass is 9.93. The zero-order valence-electron chi connectivity index (χ0n) is 28.7. The number of nitrogens with zero attached hydrogens (tertiary/aromatic N) is 3. The molecule has 246 valence electrons. The van der Waals surface area contributed by atoms with Gasteiger partial charge >= 0.3 is 0 Å². The normalized spacial score (nSPS) is 11.8. The second-order valence-electron chi connectivity index (χ2n) is 13.7. The Kier molecular flexibility index (Phi) is 6.55. The van der Waals surface area contributed by atoms with Crippen molar-refractivity contribution in [3.05, 3.63) is 188 Å². The Morgan fingerprint density at radius 3 is 1.74 bits per heavy atom. The molecule has 0 bridgehead atoms. The van der Waals surface area contributed by atoms with Crippen molar-refractivity contribution < 1.29 is 0 Å². The van der Waals surface area contributed by atoms with Crippen molar-refractivity contribution >= 4 is 65.3 Å². The molecule has 0 unspecified atom stereocenters. The highest BCUT2D eigenvalue weighted by Crippen LogP contribution is 2.40. The summed E-state index contributed by atoms with van der Waals surface area (Å²) in [5.41, 5.74) is 13.1. The van der Waals surface area contributed by atoms with E-state index in [1.807, 2.05) is 0 Å². The first kappa shape index (κ1) is 29.6. The molecule has 3 heteroatoms. The molecule has 0 saturated heterocycles. The predicted octanol–water partition coefficient (Wildman–Crippen LogP) is 13.2. The SMILES string of the molecule is c1ccc(-c2c3ccccc3nc3c2ccc2ccc(-c4ccc(-c5cccc(-n6c7ccccc7c7ccccc76)c5)c5ccccc45)nc23)cc1. The van der Waals surface area contributed by atoms with Gasteiger partial charge in [0.05, 0.1) is 33.3 Å². The zero-order chi connectivity index (χ0) is 34.9. The number of benzene rings is 8. The van der Waals surface area contributed by atoms with Gasteiger partial charge < -0.3 is 4.57 Å². The van der Waals surface area contributed by atoms with E-state index in [1.165, 1.54) is 54.8 Å². The Bertz CT molecular complexity index is 3180. The van der Waals surface area contributed by atoms with Crippen LogP contribution in [0.1, 0.15) is 0 Å². The zero-order valence-corrected chi connectivity index (χ0v) is 28.7. The fourth-order valence-electron chi connectivity index (χ4n) is 8.39. The molecule has 0 amide bonds. The maximum Gasteiger partial charge on any atom is 0.0978 e. The van der Waals surface area contributed by atoms with Gasteiger partial charge in [0.1, 0.15) is 0 Å². The van der Waals surface area contributed by atoms with Gasteiger partial charge in [-0.05, 0) is 63.9 Å². The molecule has 3 aromatic heterocycles. The van der Waals surface area contributed by atoms with Crippen LogP contribution in [-0.4, -0.2) is 14.5 Å². The summed E-state index contributed by atoms with van der Waals surface area (Å²) in [4.78, 5) is 10.7. The van der Waals surface area contributed by atoms with Gasteiger partial charge in [0.15, 0.2) is 0 Å². The molecule has 11 rings (SSSR count). The predicted molar refractivity (Wildman–Crippen MR) is 223 cm³/mol. The molecule has 0 radical (unpaired) electrons. The van der Waals surface area contributed by atoms with Crippen molar-refractivity contribution in [2.45, 2.75) is 0 Å². The van der Waals surface area contributed by atoms with E-state index in [2.05, 4.69) is 193 Å². The monoisotopic (exact) mass is 673 g/mol. The van der Waals surface area contributed by atoms with Gasteiger partial charge in [-0.25, -0.2) is 9.97 Å². The van der Waals surface area contributed by atoms with Crippen LogP contribution in [-0.2, 0) is 0 Å². The van der Waals surface area contributed by atoms with E-state index < -0.39 is 0 Å². The number of rotatable bonds is 4. The second kappa shape index (κ2) is 11.7. The van der Waals surface area contributed by atoms with Gasteiger partial charge in [0.2, 0.25) is 0 Å². The number of para-hydroxylation sites is 3. The molecule has 0 atom stereocenters. The highest BCUT2D eigenvalue weighted by molar-refractivity contribution is 6.16. The largest absolute Gasteiger partial charge is 0.309 e. The third kappa shape index (κ3) is 4.61. The van der Waals surface area contributed by atoms with Crippen molar-refractivity contribution in [1.82, 2.24) is 14.5 Å². The molecule has 0 N–H and O–H groups in total. The minimum absolute atomic E-state index is 0.912. The second-order valence-corrected chi connectivity index (χ2v) is 13.7. The lowest BCUT2D eigenvalue weighted by Gasteiger charge is -2.15. The first-order valence-corrected chi connectivity index (χ1v) is 18.1. The summed E-state index contributed by atoms with van der Waals surface area (Å²) in [5.74, 6) is 0. The van der Waals surface area contributed by atoms with Crippen LogP contribution in [0.4, 0.5) is 0 Å². The molecule has 3 heterocycles. The van der Waals surface area contributed by atoms with Crippen LogP contribution < -0.4 is 0 Å². The van der Waals surface area contributed by atoms with Crippen LogP contribution in [0.2, 0.25) is 0 Å². The van der Waals surface area contributed by atoms with Crippen molar-refractivity contribution in [1.29, 1.82) is 0 Å². The Labute approximate surface area is 306 Å². The Morgan fingerprint density at radius 2 is 0.962 bits per heavy atom. The Morgan fingerprint density at radius 1 is 0.358 bits per heavy atom. The van der Waals surface area contributed by atoms with Crippen LogP contribution in [0.5, 0.6) is 0 Å². The summed E-state index contributed by atoms with van der Waals surface area (Å²) in [6.07, 6.45) is 0. The Balaban J connectivity index is 1.09. The smallest absolute Gasteiger partial charge is 0.0978 e. The highest BCUT2D eigenvalue weighted by atomic mass is 15.0. The van der Waals surface area contributed by atoms with Gasteiger partial charge in [-0.15, -0.1) is 0 Å². The first-order chi connectivity index (χ1) is 26.3. The average molecular weight is 674 g/mol. The summed E-state index contributed by atoms with van der Waals surface area (Å²) in [6.45, 7) is 0. The molecule has 0 aliphatic carbocycles. The number of fused-ring (bicyclic) bond motifs is 8. The van der Waals surface area contributed by atoms with E-state index in [9.17, 15) is 0 Å². The van der Waals surface area contributed by atoms with Crippen molar-refractivity contribution in [2.24, 2.45) is 0 Å². The van der Waals surface area contributed by atoms with Gasteiger partial charge in [-0.1, -0.05) is 152 Å². The van der Waals surface area contributed by atoms with E-state index in [0.29, 0.717) is 0 Å². The summed E-state index contributed by atoms with van der Waals surface area (Å²) >= 11 is 0. The topological polar surface area (TPSA) is 30.7 Å². The molecular formula is C50H31N3. The molecule has 0 saturated carbocycles. The average Bonchev–Trinajstić information content (AvgIpc) is 3.57. The highest BCUT2D eigenvalue weighted by Gasteiger charge is 2.17. The molecule has 3 nitrogen and oxygen atoms in total. The fraction of sp³-hybridized carbons (Fsp3) is 0. The van der Waals surface area contributed by atoms with E-state index in [1.54, 1.807) is 0 Å². The number of aromatic nitrogens is 3. The maximum absolute atomic E-state index is 5.41. The number of hydrogen-bond donors (Lipinski definition) is 0. The fourth-order valence-corrected chi connectivity index (χ4v) is 8.39. The number of pyridine rings is 2. The molecule has 0 aliphatic rings. The third-order valence-electron chi connectivity index (χ3n) is 10.8. The molecule has 53 heavy (non-hydrogen) atoms. The lowest BCUT2D eigenvalue weighted by molar-refractivity contribution is 1.18. The van der Waals surface area contributed by atoms with Crippen molar-refractivity contribution in [3.8, 4) is 39.2 Å². The van der Waals surface area contributed by atoms with Crippen LogP contribution in [0.25, 0.3) is 104 Å². The third-order valence-corrected chi connectivity index (χ3v) is 10.8. The van der Waals surface area contributed by atoms with Crippen molar-refractivity contribution in [3.63, 3.8) is 0 Å². The molecule has 0 fully saturated rings. The van der Waals surface area contributed by atoms with E-state index in [0.717, 1.165) is 49.7 Å². The van der Waals surface area contributed by atoms with Gasteiger partial charge in [-0.2, -0.15) is 0 Å². The molecule has 8 aromatic carbocycles. The standard InChI is InChI=1S/C50H31N3/c1-2-13-32(14-3-1)48-42-21-6-9-22-44(42)52-50-43(48)27-25-33-26-30-45(51-49(33)50)39-29-28-36(37-17-4-5-18-38(37)39)34-15-12-16-35(31-34)53-46-23-10-7-19-40(46)41-20-8-11-24-47(41)53/h1-31H. The summed E-state index contributed by atoms with van der Waals surface area (Å²) in [5, 5.41) is 8.21. The molecular weight excluding hydrogens is 643 g/mol. The van der Waals surface area contributed by atoms with Crippen LogP contribution in [0.15, 0.2) is 188 Å². The molecule has 0 spiro atoms. The minimum atomic E-state index is 0.912.